The molecule has 0 amide bonds. The number of hydrogen-bond donors (Lipinski definition) is 1. The third-order valence-corrected chi connectivity index (χ3v) is 3.71. The fourth-order valence-corrected chi connectivity index (χ4v) is 2.54. The Labute approximate surface area is 118 Å². The molecule has 2 aromatic rings. The monoisotopic (exact) mass is 273 g/mol. The predicted molar refractivity (Wildman–Crippen MR) is 81.9 cm³/mol. The van der Waals surface area contributed by atoms with Crippen molar-refractivity contribution in [2.45, 2.75) is 13.0 Å². The van der Waals surface area contributed by atoms with Gasteiger partial charge in [0.1, 0.15) is 12.4 Å². The van der Waals surface area contributed by atoms with Gasteiger partial charge in [0.15, 0.2) is 0 Å². The molecule has 0 saturated carbocycles. The molecule has 1 heterocycles. The molecule has 0 radical (unpaired) electrons. The van der Waals surface area contributed by atoms with E-state index in [9.17, 15) is 0 Å². The average molecular weight is 273 g/mol. The van der Waals surface area contributed by atoms with E-state index in [1.807, 2.05) is 29.5 Å². The van der Waals surface area contributed by atoms with Gasteiger partial charge in [-0.1, -0.05) is 36.9 Å². The highest BCUT2D eigenvalue weighted by atomic mass is 32.1. The Hall–Kier alpha value is -1.58. The van der Waals surface area contributed by atoms with Gasteiger partial charge in [-0.2, -0.15) is 0 Å². The highest BCUT2D eigenvalue weighted by molar-refractivity contribution is 7.09. The van der Waals surface area contributed by atoms with Gasteiger partial charge < -0.3 is 10.1 Å². The lowest BCUT2D eigenvalue weighted by Crippen LogP contribution is -2.17. The molecule has 0 aliphatic rings. The molecule has 1 aromatic carbocycles. The van der Waals surface area contributed by atoms with Crippen molar-refractivity contribution in [3.8, 4) is 5.75 Å². The van der Waals surface area contributed by atoms with E-state index in [0.717, 1.165) is 25.3 Å². The molecular weight excluding hydrogens is 254 g/mol. The van der Waals surface area contributed by atoms with Crippen LogP contribution in [-0.2, 0) is 13.0 Å². The van der Waals surface area contributed by atoms with Gasteiger partial charge in [0.2, 0.25) is 0 Å². The lowest BCUT2D eigenvalue weighted by atomic mass is 10.2. The first-order chi connectivity index (χ1) is 9.40. The second-order valence-corrected chi connectivity index (χ2v) is 5.25. The van der Waals surface area contributed by atoms with Crippen molar-refractivity contribution in [1.82, 2.24) is 5.32 Å². The van der Waals surface area contributed by atoms with Crippen molar-refractivity contribution >= 4 is 11.3 Å². The average Bonchev–Trinajstić information content (AvgIpc) is 2.95. The lowest BCUT2D eigenvalue weighted by Gasteiger charge is -2.10. The second kappa shape index (κ2) is 7.77. The summed E-state index contributed by atoms with van der Waals surface area (Å²) in [5, 5.41) is 5.58. The maximum absolute atomic E-state index is 5.63. The zero-order valence-electron chi connectivity index (χ0n) is 11.0. The summed E-state index contributed by atoms with van der Waals surface area (Å²) in [6, 6.07) is 12.4. The second-order valence-electron chi connectivity index (χ2n) is 4.21. The summed E-state index contributed by atoms with van der Waals surface area (Å²) in [5.74, 6) is 0.936. The van der Waals surface area contributed by atoms with Crippen LogP contribution in [0, 0.1) is 0 Å². The number of para-hydroxylation sites is 1. The molecule has 0 aliphatic carbocycles. The van der Waals surface area contributed by atoms with E-state index in [1.165, 1.54) is 10.4 Å². The third kappa shape index (κ3) is 4.54. The number of hydrogen-bond acceptors (Lipinski definition) is 3. The van der Waals surface area contributed by atoms with E-state index in [-0.39, 0.29) is 0 Å². The quantitative estimate of drug-likeness (QED) is 0.585. The van der Waals surface area contributed by atoms with Crippen molar-refractivity contribution in [2.75, 3.05) is 13.2 Å². The van der Waals surface area contributed by atoms with Crippen molar-refractivity contribution in [2.24, 2.45) is 0 Å². The Morgan fingerprint density at radius 1 is 1.21 bits per heavy atom. The van der Waals surface area contributed by atoms with E-state index in [1.54, 1.807) is 6.08 Å². The largest absolute Gasteiger partial charge is 0.489 e. The van der Waals surface area contributed by atoms with E-state index in [2.05, 4.69) is 35.5 Å². The Morgan fingerprint density at radius 3 is 2.89 bits per heavy atom. The van der Waals surface area contributed by atoms with Crippen LogP contribution >= 0.6 is 11.3 Å². The molecule has 0 unspecified atom stereocenters. The third-order valence-electron chi connectivity index (χ3n) is 2.77. The van der Waals surface area contributed by atoms with Gasteiger partial charge in [0.05, 0.1) is 0 Å². The van der Waals surface area contributed by atoms with Crippen LogP contribution in [0.15, 0.2) is 54.4 Å². The zero-order valence-corrected chi connectivity index (χ0v) is 11.8. The first-order valence-corrected chi connectivity index (χ1v) is 7.33. The first-order valence-electron chi connectivity index (χ1n) is 6.45. The number of thiophene rings is 1. The molecule has 2 nitrogen and oxygen atoms in total. The van der Waals surface area contributed by atoms with Crippen LogP contribution in [0.4, 0.5) is 0 Å². The number of ether oxygens (including phenoxy) is 1. The summed E-state index contributed by atoms with van der Waals surface area (Å²) >= 11 is 1.81. The standard InChI is InChI=1S/C16H19NOS/c1-2-11-18-16-8-4-3-6-14(16)13-17-10-9-15-7-5-12-19-15/h2-8,12,17H,1,9-11,13H2. The van der Waals surface area contributed by atoms with Crippen LogP contribution in [0.2, 0.25) is 0 Å². The molecule has 0 aliphatic heterocycles. The van der Waals surface area contributed by atoms with Crippen molar-refractivity contribution in [3.05, 3.63) is 64.9 Å². The van der Waals surface area contributed by atoms with Gasteiger partial charge in [-0.25, -0.2) is 0 Å². The minimum Gasteiger partial charge on any atom is -0.489 e. The van der Waals surface area contributed by atoms with E-state index >= 15 is 0 Å². The van der Waals surface area contributed by atoms with Crippen molar-refractivity contribution < 1.29 is 4.74 Å². The van der Waals surface area contributed by atoms with Crippen LogP contribution in [0.1, 0.15) is 10.4 Å². The van der Waals surface area contributed by atoms with E-state index in [0.29, 0.717) is 6.61 Å². The first kappa shape index (κ1) is 13.8. The van der Waals surface area contributed by atoms with Crippen LogP contribution in [-0.4, -0.2) is 13.2 Å². The van der Waals surface area contributed by atoms with Crippen molar-refractivity contribution in [1.29, 1.82) is 0 Å². The minimum absolute atomic E-state index is 0.548. The molecular formula is C16H19NOS. The van der Waals surface area contributed by atoms with Gasteiger partial charge in [0.25, 0.3) is 0 Å². The molecule has 2 rings (SSSR count). The van der Waals surface area contributed by atoms with E-state index in [4.69, 9.17) is 4.74 Å². The van der Waals surface area contributed by atoms with Crippen LogP contribution in [0.25, 0.3) is 0 Å². The van der Waals surface area contributed by atoms with Gasteiger partial charge in [-0.15, -0.1) is 11.3 Å². The predicted octanol–water partition coefficient (Wildman–Crippen LogP) is 3.65. The van der Waals surface area contributed by atoms with Crippen LogP contribution < -0.4 is 10.1 Å². The molecule has 100 valence electrons. The van der Waals surface area contributed by atoms with Crippen LogP contribution in [0.5, 0.6) is 5.75 Å². The highest BCUT2D eigenvalue weighted by Crippen LogP contribution is 2.17. The molecule has 1 aromatic heterocycles. The normalized spacial score (nSPS) is 10.3. The number of benzene rings is 1. The number of nitrogens with one attached hydrogen (secondary N) is 1. The molecule has 3 heteroatoms. The Balaban J connectivity index is 1.80. The van der Waals surface area contributed by atoms with Gasteiger partial charge >= 0.3 is 0 Å². The van der Waals surface area contributed by atoms with Gasteiger partial charge in [-0.05, 0) is 23.9 Å². The Kier molecular flexibility index (Phi) is 5.66. The maximum atomic E-state index is 5.63. The Bertz CT molecular complexity index is 493. The van der Waals surface area contributed by atoms with Crippen LogP contribution in [0.3, 0.4) is 0 Å². The summed E-state index contributed by atoms with van der Waals surface area (Å²) < 4.78 is 5.63. The smallest absolute Gasteiger partial charge is 0.124 e. The topological polar surface area (TPSA) is 21.3 Å². The Morgan fingerprint density at radius 2 is 2.11 bits per heavy atom. The zero-order chi connectivity index (χ0) is 13.3. The summed E-state index contributed by atoms with van der Waals surface area (Å²) in [5.41, 5.74) is 1.19. The molecule has 0 bridgehead atoms. The van der Waals surface area contributed by atoms with Gasteiger partial charge in [0, 0.05) is 23.5 Å². The van der Waals surface area contributed by atoms with E-state index < -0.39 is 0 Å². The summed E-state index contributed by atoms with van der Waals surface area (Å²) in [6.45, 7) is 6.03. The fourth-order valence-electron chi connectivity index (χ4n) is 1.83. The maximum Gasteiger partial charge on any atom is 0.124 e. The van der Waals surface area contributed by atoms with Crippen molar-refractivity contribution in [3.63, 3.8) is 0 Å². The highest BCUT2D eigenvalue weighted by Gasteiger charge is 2.01. The fraction of sp³-hybridized carbons (Fsp3) is 0.250. The summed E-state index contributed by atoms with van der Waals surface area (Å²) in [4.78, 5) is 1.42. The minimum atomic E-state index is 0.548. The lowest BCUT2D eigenvalue weighted by molar-refractivity contribution is 0.358. The molecule has 19 heavy (non-hydrogen) atoms. The molecule has 1 N–H and O–H groups in total. The van der Waals surface area contributed by atoms with Gasteiger partial charge in [-0.3, -0.25) is 0 Å². The summed E-state index contributed by atoms with van der Waals surface area (Å²) in [7, 11) is 0. The molecule has 0 atom stereocenters. The molecule has 0 saturated heterocycles. The number of rotatable bonds is 8. The SMILES string of the molecule is C=CCOc1ccccc1CNCCc1cccs1. The molecule has 0 spiro atoms. The molecule has 0 fully saturated rings. The summed E-state index contributed by atoms with van der Waals surface area (Å²) in [6.07, 6.45) is 2.84.